The van der Waals surface area contributed by atoms with Crippen LogP contribution < -0.4 is 0 Å². The van der Waals surface area contributed by atoms with Gasteiger partial charge in [0, 0.05) is 87.4 Å². The number of hydrogen-bond donors (Lipinski definition) is 0. The summed E-state index contributed by atoms with van der Waals surface area (Å²) < 4.78 is 22.1. The molecule has 0 radical (unpaired) electrons. The van der Waals surface area contributed by atoms with Crippen LogP contribution in [0, 0.1) is 0 Å². The summed E-state index contributed by atoms with van der Waals surface area (Å²) in [6.07, 6.45) is 0. The zero-order chi connectivity index (χ0) is 80.0. The van der Waals surface area contributed by atoms with Crippen molar-refractivity contribution in [1.82, 2.24) is 18.3 Å². The van der Waals surface area contributed by atoms with Gasteiger partial charge in [0.1, 0.15) is 22.3 Å². The van der Waals surface area contributed by atoms with Gasteiger partial charge in [-0.25, -0.2) is 0 Å². The van der Waals surface area contributed by atoms with Crippen LogP contribution in [0.1, 0.15) is 0 Å². The lowest BCUT2D eigenvalue weighted by molar-refractivity contribution is 0.668. The van der Waals surface area contributed by atoms with Gasteiger partial charge in [0.2, 0.25) is 0 Å². The van der Waals surface area contributed by atoms with Crippen LogP contribution in [0.3, 0.4) is 0 Å². The SMILES string of the molecule is c1ccc(-n2c3ccccc3c3cc(-c4ccc5c(c4)c4cc(-c6ccc7oc8ccccc8c7c6)ccc4n5-c4ccc(-c5ccc6ccccc6c5)cc4)ccc32)cc1.c1ccc(-n2c3ccccc3c3cc(-c4ccc5c(c4)c4cc(-c6cccc7oc8ccccc8c67)ccc4n5-c4ccc(-c5ccc6ccccc6c5)cc4)ccc32)cc1. The van der Waals surface area contributed by atoms with Gasteiger partial charge in [-0.1, -0.05) is 261 Å². The number of rotatable bonds is 10. The van der Waals surface area contributed by atoms with Crippen LogP contribution in [0.15, 0.2) is 446 Å². The Labute approximate surface area is 701 Å². The number of furan rings is 2. The molecule has 6 heterocycles. The molecule has 0 bridgehead atoms. The number of aromatic nitrogens is 4. The molecule has 26 rings (SSSR count). The van der Waals surface area contributed by atoms with Gasteiger partial charge in [0.25, 0.3) is 0 Å². The quantitative estimate of drug-likeness (QED) is 0.137. The van der Waals surface area contributed by atoms with E-state index in [9.17, 15) is 0 Å². The zero-order valence-electron chi connectivity index (χ0n) is 66.2. The van der Waals surface area contributed by atoms with E-state index in [4.69, 9.17) is 8.83 Å². The van der Waals surface area contributed by atoms with Crippen LogP contribution >= 0.6 is 0 Å². The smallest absolute Gasteiger partial charge is 0.136 e. The van der Waals surface area contributed by atoms with Crippen molar-refractivity contribution in [2.45, 2.75) is 0 Å². The minimum Gasteiger partial charge on any atom is -0.456 e. The Hall–Kier alpha value is -16.3. The highest BCUT2D eigenvalue weighted by molar-refractivity contribution is 6.18. The van der Waals surface area contributed by atoms with Gasteiger partial charge >= 0.3 is 0 Å². The summed E-state index contributed by atoms with van der Waals surface area (Å²) in [5.74, 6) is 0. The molecular formula is C116H72N4O2. The minimum absolute atomic E-state index is 0.902. The van der Waals surface area contributed by atoms with Gasteiger partial charge in [0.15, 0.2) is 0 Å². The van der Waals surface area contributed by atoms with Crippen molar-refractivity contribution < 1.29 is 8.83 Å². The van der Waals surface area contributed by atoms with Crippen molar-refractivity contribution in [3.05, 3.63) is 437 Å². The highest BCUT2D eigenvalue weighted by Crippen LogP contribution is 2.46. The second kappa shape index (κ2) is 27.7. The summed E-state index contributed by atoms with van der Waals surface area (Å²) in [6.45, 7) is 0. The van der Waals surface area contributed by atoms with Crippen molar-refractivity contribution in [1.29, 1.82) is 0 Å². The Kier molecular flexibility index (Phi) is 15.6. The van der Waals surface area contributed by atoms with Crippen LogP contribution in [0.2, 0.25) is 0 Å². The molecule has 122 heavy (non-hydrogen) atoms. The molecule has 0 saturated heterocycles. The Morgan fingerprint density at radius 3 is 0.869 bits per heavy atom. The van der Waals surface area contributed by atoms with Crippen molar-refractivity contribution in [3.63, 3.8) is 0 Å². The molecule has 0 atom stereocenters. The van der Waals surface area contributed by atoms with E-state index in [0.717, 1.165) is 77.8 Å². The second-order valence-corrected chi connectivity index (χ2v) is 32.2. The predicted molar refractivity (Wildman–Crippen MR) is 512 cm³/mol. The van der Waals surface area contributed by atoms with Gasteiger partial charge < -0.3 is 27.1 Å². The topological polar surface area (TPSA) is 46.0 Å². The van der Waals surface area contributed by atoms with E-state index in [-0.39, 0.29) is 0 Å². The van der Waals surface area contributed by atoms with E-state index < -0.39 is 0 Å². The van der Waals surface area contributed by atoms with Crippen LogP contribution in [-0.4, -0.2) is 18.3 Å². The lowest BCUT2D eigenvalue weighted by atomic mass is 9.97. The van der Waals surface area contributed by atoms with Gasteiger partial charge in [-0.2, -0.15) is 0 Å². The normalized spacial score (nSPS) is 11.9. The van der Waals surface area contributed by atoms with Crippen LogP contribution in [0.5, 0.6) is 0 Å². The maximum absolute atomic E-state index is 6.34. The standard InChI is InChI=1S/2C58H36N2O/c1-2-13-44(14-3-1)59-52-18-8-6-15-47(52)49-34-41(25-30-53(49)59)42-26-31-54-50(35-42)51-36-43(46-17-10-20-57-58(46)48-16-7-9-19-56(48)61-57)27-32-55(51)60(54)45-28-23-38(24-29-45)40-22-21-37-11-4-5-12-39(37)33-40;1-2-12-45(13-3-1)59-53-16-8-6-14-47(53)49-33-41(22-28-54(49)59)42-23-29-55-50(34-42)51-35-43(44-25-31-58-52(36-44)48-15-7-9-17-57(48)61-58)24-30-56(51)60(55)46-26-20-38(21-27-46)40-19-18-37-10-4-5-11-39(37)32-40/h2*1-36H. The Bertz CT molecular complexity index is 8750. The lowest BCUT2D eigenvalue weighted by Gasteiger charge is -2.11. The molecule has 0 amide bonds. The highest BCUT2D eigenvalue weighted by Gasteiger charge is 2.23. The molecule has 0 fully saturated rings. The monoisotopic (exact) mass is 1550 g/mol. The molecule has 0 aliphatic rings. The average Bonchev–Trinajstić information content (AvgIpc) is 1.59. The third-order valence-corrected chi connectivity index (χ3v) is 25.4. The lowest BCUT2D eigenvalue weighted by Crippen LogP contribution is -1.94. The Morgan fingerprint density at radius 1 is 0.139 bits per heavy atom. The fourth-order valence-corrected chi connectivity index (χ4v) is 19.6. The molecule has 20 aromatic carbocycles. The molecule has 0 N–H and O–H groups in total. The first kappa shape index (κ1) is 68.9. The third-order valence-electron chi connectivity index (χ3n) is 25.4. The van der Waals surface area contributed by atoms with Crippen molar-refractivity contribution in [2.24, 2.45) is 0 Å². The summed E-state index contributed by atoms with van der Waals surface area (Å²) in [4.78, 5) is 0. The molecule has 568 valence electrons. The maximum Gasteiger partial charge on any atom is 0.136 e. The number of nitrogens with zero attached hydrogens (tertiary/aromatic N) is 4. The molecule has 6 nitrogen and oxygen atoms in total. The van der Waals surface area contributed by atoms with Gasteiger partial charge in [0.05, 0.1) is 44.1 Å². The molecule has 0 aliphatic carbocycles. The fourth-order valence-electron chi connectivity index (χ4n) is 19.6. The summed E-state index contributed by atoms with van der Waals surface area (Å²) in [6, 6.07) is 159. The van der Waals surface area contributed by atoms with E-state index in [1.807, 2.05) is 18.2 Å². The number of benzene rings is 20. The second-order valence-electron chi connectivity index (χ2n) is 32.2. The van der Waals surface area contributed by atoms with E-state index in [2.05, 4.69) is 437 Å². The largest absolute Gasteiger partial charge is 0.456 e. The number of hydrogen-bond acceptors (Lipinski definition) is 2. The summed E-state index contributed by atoms with van der Waals surface area (Å²) >= 11 is 0. The fraction of sp³-hybridized carbons (Fsp3) is 0. The number of fused-ring (bicyclic) bond motifs is 20. The van der Waals surface area contributed by atoms with Crippen molar-refractivity contribution in [2.75, 3.05) is 0 Å². The van der Waals surface area contributed by atoms with E-state index in [1.165, 1.54) is 164 Å². The Balaban J connectivity index is 0.000000134. The molecule has 26 aromatic rings. The van der Waals surface area contributed by atoms with E-state index >= 15 is 0 Å². The van der Waals surface area contributed by atoms with E-state index in [1.54, 1.807) is 0 Å². The average molecular weight is 1550 g/mol. The highest BCUT2D eigenvalue weighted by atomic mass is 16.3. The Morgan fingerprint density at radius 2 is 0.418 bits per heavy atom. The first-order valence-electron chi connectivity index (χ1n) is 41.8. The van der Waals surface area contributed by atoms with Gasteiger partial charge in [-0.3, -0.25) is 0 Å². The third kappa shape index (κ3) is 11.2. The van der Waals surface area contributed by atoms with Gasteiger partial charge in [-0.05, 0) is 264 Å². The first-order chi connectivity index (χ1) is 60.4. The number of para-hydroxylation sites is 6. The predicted octanol–water partition coefficient (Wildman–Crippen LogP) is 31.9. The molecule has 6 aromatic heterocycles. The van der Waals surface area contributed by atoms with Crippen molar-refractivity contribution >= 4 is 153 Å². The first-order valence-corrected chi connectivity index (χ1v) is 41.8. The maximum atomic E-state index is 6.34. The van der Waals surface area contributed by atoms with Gasteiger partial charge in [-0.15, -0.1) is 0 Å². The molecule has 0 spiro atoms. The minimum atomic E-state index is 0.902. The van der Waals surface area contributed by atoms with Crippen LogP contribution in [0.25, 0.3) is 242 Å². The van der Waals surface area contributed by atoms with Crippen LogP contribution in [-0.2, 0) is 0 Å². The van der Waals surface area contributed by atoms with Crippen LogP contribution in [0.4, 0.5) is 0 Å². The molecule has 6 heteroatoms. The molecule has 0 saturated carbocycles. The molecule has 0 unspecified atom stereocenters. The summed E-state index contributed by atoms with van der Waals surface area (Å²) in [5.41, 5.74) is 32.0. The van der Waals surface area contributed by atoms with Crippen molar-refractivity contribution in [3.8, 4) is 89.5 Å². The summed E-state index contributed by atoms with van der Waals surface area (Å²) in [5, 5.41) is 19.4. The summed E-state index contributed by atoms with van der Waals surface area (Å²) in [7, 11) is 0. The van der Waals surface area contributed by atoms with E-state index in [0.29, 0.717) is 0 Å². The zero-order valence-corrected chi connectivity index (χ0v) is 66.2. The molecule has 0 aliphatic heterocycles. The molecular weight excluding hydrogens is 1480 g/mol.